The minimum absolute atomic E-state index is 0.380. The summed E-state index contributed by atoms with van der Waals surface area (Å²) in [5.41, 5.74) is 0.380. The zero-order valence-electron chi connectivity index (χ0n) is 11.9. The molecule has 1 saturated heterocycles. The summed E-state index contributed by atoms with van der Waals surface area (Å²) < 4.78 is 0. The van der Waals surface area contributed by atoms with E-state index in [1.807, 2.05) is 0 Å². The molecule has 0 saturated carbocycles. The maximum absolute atomic E-state index is 3.70. The number of nitrogens with zero attached hydrogens (tertiary/aromatic N) is 2. The molecule has 1 fully saturated rings. The highest BCUT2D eigenvalue weighted by Gasteiger charge is 2.29. The molecule has 16 heavy (non-hydrogen) atoms. The molecule has 1 aliphatic rings. The molecular weight excluding hydrogens is 198 g/mol. The maximum Gasteiger partial charge on any atom is 0.0322 e. The van der Waals surface area contributed by atoms with Gasteiger partial charge < -0.3 is 10.2 Å². The lowest BCUT2D eigenvalue weighted by atomic mass is 9.93. The lowest BCUT2D eigenvalue weighted by Crippen LogP contribution is -2.45. The van der Waals surface area contributed by atoms with Crippen LogP contribution in [0, 0.1) is 5.41 Å². The van der Waals surface area contributed by atoms with Crippen molar-refractivity contribution in [2.24, 2.45) is 5.41 Å². The zero-order valence-corrected chi connectivity index (χ0v) is 11.9. The summed E-state index contributed by atoms with van der Waals surface area (Å²) in [4.78, 5) is 4.88. The SMILES string of the molecule is CC(C)N1CC(CN(C)C)NCC(C)(C)C1. The highest BCUT2D eigenvalue weighted by Crippen LogP contribution is 2.20. The second-order valence-electron chi connectivity index (χ2n) is 6.53. The predicted molar refractivity (Wildman–Crippen MR) is 70.8 cm³/mol. The van der Waals surface area contributed by atoms with Crippen molar-refractivity contribution in [3.05, 3.63) is 0 Å². The molecule has 3 nitrogen and oxygen atoms in total. The minimum atomic E-state index is 0.380. The Labute approximate surface area is 101 Å². The van der Waals surface area contributed by atoms with Crippen LogP contribution in [0.4, 0.5) is 0 Å². The van der Waals surface area contributed by atoms with E-state index in [-0.39, 0.29) is 0 Å². The molecule has 96 valence electrons. The summed E-state index contributed by atoms with van der Waals surface area (Å²) in [6, 6.07) is 1.24. The topological polar surface area (TPSA) is 18.5 Å². The number of hydrogen-bond acceptors (Lipinski definition) is 3. The molecule has 0 radical (unpaired) electrons. The fourth-order valence-electron chi connectivity index (χ4n) is 2.39. The normalized spacial score (nSPS) is 27.4. The maximum atomic E-state index is 3.70. The first-order chi connectivity index (χ1) is 7.30. The first-order valence-electron chi connectivity index (χ1n) is 6.42. The Morgan fingerprint density at radius 3 is 2.50 bits per heavy atom. The Kier molecular flexibility index (Phi) is 4.77. The van der Waals surface area contributed by atoms with Crippen molar-refractivity contribution in [1.82, 2.24) is 15.1 Å². The van der Waals surface area contributed by atoms with Gasteiger partial charge in [0.2, 0.25) is 0 Å². The Bertz CT molecular complexity index is 211. The lowest BCUT2D eigenvalue weighted by Gasteiger charge is -2.32. The van der Waals surface area contributed by atoms with Gasteiger partial charge in [-0.1, -0.05) is 13.8 Å². The highest BCUT2D eigenvalue weighted by atomic mass is 15.2. The molecule has 0 amide bonds. The van der Waals surface area contributed by atoms with Gasteiger partial charge >= 0.3 is 0 Å². The summed E-state index contributed by atoms with van der Waals surface area (Å²) in [7, 11) is 4.30. The summed E-state index contributed by atoms with van der Waals surface area (Å²) in [5, 5.41) is 3.70. The van der Waals surface area contributed by atoms with Crippen molar-refractivity contribution in [3.8, 4) is 0 Å². The molecule has 1 N–H and O–H groups in total. The van der Waals surface area contributed by atoms with Gasteiger partial charge in [0.1, 0.15) is 0 Å². The number of rotatable bonds is 3. The van der Waals surface area contributed by atoms with Crippen molar-refractivity contribution < 1.29 is 0 Å². The van der Waals surface area contributed by atoms with Crippen LogP contribution in [0.3, 0.4) is 0 Å². The molecule has 1 atom stereocenters. The van der Waals surface area contributed by atoms with E-state index in [0.717, 1.165) is 13.1 Å². The van der Waals surface area contributed by atoms with Crippen LogP contribution >= 0.6 is 0 Å². The minimum Gasteiger partial charge on any atom is -0.311 e. The smallest absolute Gasteiger partial charge is 0.0322 e. The third-order valence-electron chi connectivity index (χ3n) is 3.27. The fourth-order valence-corrected chi connectivity index (χ4v) is 2.39. The molecule has 1 heterocycles. The van der Waals surface area contributed by atoms with E-state index in [9.17, 15) is 0 Å². The molecule has 1 unspecified atom stereocenters. The van der Waals surface area contributed by atoms with Crippen LogP contribution in [0.25, 0.3) is 0 Å². The van der Waals surface area contributed by atoms with E-state index >= 15 is 0 Å². The van der Waals surface area contributed by atoms with Gasteiger partial charge in [-0.15, -0.1) is 0 Å². The Morgan fingerprint density at radius 2 is 2.00 bits per heavy atom. The van der Waals surface area contributed by atoms with Crippen LogP contribution in [-0.2, 0) is 0 Å². The monoisotopic (exact) mass is 227 g/mol. The van der Waals surface area contributed by atoms with Crippen molar-refractivity contribution in [2.45, 2.75) is 39.8 Å². The molecule has 1 rings (SSSR count). The Balaban J connectivity index is 2.64. The van der Waals surface area contributed by atoms with Crippen LogP contribution < -0.4 is 5.32 Å². The van der Waals surface area contributed by atoms with E-state index in [2.05, 4.69) is 56.9 Å². The van der Waals surface area contributed by atoms with E-state index in [0.29, 0.717) is 17.5 Å². The second kappa shape index (κ2) is 5.48. The quantitative estimate of drug-likeness (QED) is 0.783. The molecule has 3 heteroatoms. The molecule has 1 aliphatic heterocycles. The average Bonchev–Trinajstić information content (AvgIpc) is 2.24. The summed E-state index contributed by atoms with van der Waals surface area (Å²) in [6.07, 6.45) is 0. The van der Waals surface area contributed by atoms with Crippen molar-refractivity contribution in [3.63, 3.8) is 0 Å². The molecule has 0 aromatic carbocycles. The number of nitrogens with one attached hydrogen (secondary N) is 1. The van der Waals surface area contributed by atoms with Gasteiger partial charge in [0.25, 0.3) is 0 Å². The van der Waals surface area contributed by atoms with Gasteiger partial charge in [-0.2, -0.15) is 0 Å². The standard InChI is InChI=1S/C13H29N3/c1-11(2)16-8-12(7-15(5)6)14-9-13(3,4)10-16/h11-12,14H,7-10H2,1-6H3. The highest BCUT2D eigenvalue weighted by molar-refractivity contribution is 4.87. The zero-order chi connectivity index (χ0) is 12.3. The Morgan fingerprint density at radius 1 is 1.38 bits per heavy atom. The van der Waals surface area contributed by atoms with Crippen molar-refractivity contribution in [1.29, 1.82) is 0 Å². The van der Waals surface area contributed by atoms with Crippen LogP contribution in [0.1, 0.15) is 27.7 Å². The van der Waals surface area contributed by atoms with Gasteiger partial charge in [0, 0.05) is 38.3 Å². The molecule has 0 spiro atoms. The number of hydrogen-bond donors (Lipinski definition) is 1. The average molecular weight is 227 g/mol. The van der Waals surface area contributed by atoms with Gasteiger partial charge in [0.05, 0.1) is 0 Å². The molecule has 0 bridgehead atoms. The summed E-state index contributed by atoms with van der Waals surface area (Å²) in [6.45, 7) is 13.9. The van der Waals surface area contributed by atoms with Crippen molar-refractivity contribution in [2.75, 3.05) is 40.3 Å². The Hall–Kier alpha value is -0.120. The van der Waals surface area contributed by atoms with Crippen LogP contribution in [0.5, 0.6) is 0 Å². The van der Waals surface area contributed by atoms with Gasteiger partial charge in [-0.3, -0.25) is 4.90 Å². The summed E-state index contributed by atoms with van der Waals surface area (Å²) in [5.74, 6) is 0. The third-order valence-corrected chi connectivity index (χ3v) is 3.27. The first-order valence-corrected chi connectivity index (χ1v) is 6.42. The fraction of sp³-hybridized carbons (Fsp3) is 1.00. The predicted octanol–water partition coefficient (Wildman–Crippen LogP) is 1.26. The lowest BCUT2D eigenvalue weighted by molar-refractivity contribution is 0.160. The third kappa shape index (κ3) is 4.40. The molecule has 0 aromatic rings. The van der Waals surface area contributed by atoms with E-state index in [1.54, 1.807) is 0 Å². The van der Waals surface area contributed by atoms with Crippen LogP contribution in [0.15, 0.2) is 0 Å². The van der Waals surface area contributed by atoms with Crippen molar-refractivity contribution >= 4 is 0 Å². The van der Waals surface area contributed by atoms with Crippen LogP contribution in [0.2, 0.25) is 0 Å². The second-order valence-corrected chi connectivity index (χ2v) is 6.53. The van der Waals surface area contributed by atoms with Gasteiger partial charge in [-0.05, 0) is 33.4 Å². The number of likely N-dealkylation sites (N-methyl/N-ethyl adjacent to an activating group) is 1. The summed E-state index contributed by atoms with van der Waals surface area (Å²) >= 11 is 0. The van der Waals surface area contributed by atoms with E-state index in [1.165, 1.54) is 13.1 Å². The first kappa shape index (κ1) is 13.9. The van der Waals surface area contributed by atoms with Gasteiger partial charge in [0.15, 0.2) is 0 Å². The van der Waals surface area contributed by atoms with E-state index in [4.69, 9.17) is 0 Å². The van der Waals surface area contributed by atoms with Crippen LogP contribution in [-0.4, -0.2) is 62.2 Å². The molecule has 0 aliphatic carbocycles. The molecule has 0 aromatic heterocycles. The largest absolute Gasteiger partial charge is 0.311 e. The van der Waals surface area contributed by atoms with E-state index < -0.39 is 0 Å². The van der Waals surface area contributed by atoms with Gasteiger partial charge in [-0.25, -0.2) is 0 Å². The molecular formula is C13H29N3.